The largest absolute Gasteiger partial charge is 0.494 e. The van der Waals surface area contributed by atoms with Gasteiger partial charge in [-0.25, -0.2) is 14.4 Å². The molecule has 0 aliphatic carbocycles. The molecule has 1 aromatic carbocycles. The van der Waals surface area contributed by atoms with Gasteiger partial charge >= 0.3 is 0 Å². The molecule has 3 aromatic rings. The zero-order chi connectivity index (χ0) is 20.0. The highest BCUT2D eigenvalue weighted by molar-refractivity contribution is 5.78. The highest BCUT2D eigenvalue weighted by Gasteiger charge is 2.47. The highest BCUT2D eigenvalue weighted by Crippen LogP contribution is 2.38. The van der Waals surface area contributed by atoms with E-state index in [0.29, 0.717) is 11.2 Å². The van der Waals surface area contributed by atoms with Gasteiger partial charge in [0.1, 0.15) is 36.4 Å². The number of rotatable bonds is 4. The molecule has 0 spiro atoms. The SMILES string of the molecule is COc1cc(C(O)C2OC(n3ccc4c(C)ncnc43)C(O)C2O)ccc1F. The Bertz CT molecular complexity index is 1010. The van der Waals surface area contributed by atoms with Crippen LogP contribution in [-0.2, 0) is 4.74 Å². The lowest BCUT2D eigenvalue weighted by atomic mass is 9.99. The number of hydrogen-bond donors (Lipinski definition) is 3. The summed E-state index contributed by atoms with van der Waals surface area (Å²) in [5.41, 5.74) is 1.61. The molecule has 5 unspecified atom stereocenters. The fraction of sp³-hybridized carbons (Fsp3) is 0.368. The highest BCUT2D eigenvalue weighted by atomic mass is 19.1. The summed E-state index contributed by atoms with van der Waals surface area (Å²) >= 11 is 0. The van der Waals surface area contributed by atoms with E-state index in [0.717, 1.165) is 17.1 Å². The van der Waals surface area contributed by atoms with Crippen LogP contribution in [0.15, 0.2) is 36.8 Å². The summed E-state index contributed by atoms with van der Waals surface area (Å²) in [5.74, 6) is -0.608. The van der Waals surface area contributed by atoms with Crippen molar-refractivity contribution in [1.82, 2.24) is 14.5 Å². The lowest BCUT2D eigenvalue weighted by molar-refractivity contribution is -0.0848. The summed E-state index contributed by atoms with van der Waals surface area (Å²) in [5, 5.41) is 32.5. The van der Waals surface area contributed by atoms with Gasteiger partial charge in [-0.15, -0.1) is 0 Å². The third-order valence-electron chi connectivity index (χ3n) is 5.09. The minimum absolute atomic E-state index is 0.0373. The number of halogens is 1. The molecule has 0 saturated carbocycles. The molecule has 5 atom stereocenters. The third-order valence-corrected chi connectivity index (χ3v) is 5.09. The maximum atomic E-state index is 13.6. The van der Waals surface area contributed by atoms with Gasteiger partial charge in [0.15, 0.2) is 17.8 Å². The van der Waals surface area contributed by atoms with E-state index < -0.39 is 36.5 Å². The van der Waals surface area contributed by atoms with Crippen LogP contribution in [0.2, 0.25) is 0 Å². The number of aryl methyl sites for hydroxylation is 1. The Balaban J connectivity index is 1.65. The Hall–Kier alpha value is -2.59. The molecular weight excluding hydrogens is 369 g/mol. The fourth-order valence-electron chi connectivity index (χ4n) is 3.53. The third kappa shape index (κ3) is 2.92. The zero-order valence-corrected chi connectivity index (χ0v) is 15.2. The summed E-state index contributed by atoms with van der Waals surface area (Å²) in [6, 6.07) is 5.66. The Morgan fingerprint density at radius 1 is 1.21 bits per heavy atom. The van der Waals surface area contributed by atoms with Crippen LogP contribution in [0.5, 0.6) is 5.75 Å². The molecule has 0 amide bonds. The Morgan fingerprint density at radius 2 is 2.00 bits per heavy atom. The number of hydrogen-bond acceptors (Lipinski definition) is 7. The van der Waals surface area contributed by atoms with Gasteiger partial charge < -0.3 is 29.4 Å². The van der Waals surface area contributed by atoms with Gasteiger partial charge in [-0.1, -0.05) is 6.07 Å². The molecule has 1 saturated heterocycles. The molecule has 0 radical (unpaired) electrons. The molecular formula is C19H20FN3O5. The van der Waals surface area contributed by atoms with Crippen molar-refractivity contribution in [3.8, 4) is 5.75 Å². The fourth-order valence-corrected chi connectivity index (χ4v) is 3.53. The number of aromatic nitrogens is 3. The molecule has 4 rings (SSSR count). The summed E-state index contributed by atoms with van der Waals surface area (Å²) in [7, 11) is 1.32. The van der Waals surface area contributed by atoms with E-state index in [4.69, 9.17) is 9.47 Å². The molecule has 1 fully saturated rings. The van der Waals surface area contributed by atoms with Gasteiger partial charge in [0, 0.05) is 11.6 Å². The topological polar surface area (TPSA) is 110 Å². The van der Waals surface area contributed by atoms with Gasteiger partial charge in [-0.3, -0.25) is 0 Å². The lowest BCUT2D eigenvalue weighted by Crippen LogP contribution is -2.34. The van der Waals surface area contributed by atoms with Crippen molar-refractivity contribution < 1.29 is 29.2 Å². The predicted octanol–water partition coefficient (Wildman–Crippen LogP) is 1.24. The van der Waals surface area contributed by atoms with Crippen LogP contribution in [0.1, 0.15) is 23.6 Å². The molecule has 3 N–H and O–H groups in total. The van der Waals surface area contributed by atoms with E-state index in [1.807, 2.05) is 6.92 Å². The average molecular weight is 389 g/mol. The molecule has 8 nitrogen and oxygen atoms in total. The zero-order valence-electron chi connectivity index (χ0n) is 15.2. The van der Waals surface area contributed by atoms with E-state index in [-0.39, 0.29) is 5.75 Å². The first-order valence-corrected chi connectivity index (χ1v) is 8.73. The second-order valence-corrected chi connectivity index (χ2v) is 6.73. The van der Waals surface area contributed by atoms with Gasteiger partial charge in [0.05, 0.1) is 12.8 Å². The lowest BCUT2D eigenvalue weighted by Gasteiger charge is -2.22. The number of aliphatic hydroxyl groups excluding tert-OH is 3. The van der Waals surface area contributed by atoms with E-state index in [1.54, 1.807) is 16.8 Å². The second kappa shape index (κ2) is 7.10. The number of aliphatic hydroxyl groups is 3. The number of methoxy groups -OCH3 is 1. The molecule has 9 heteroatoms. The van der Waals surface area contributed by atoms with Crippen LogP contribution in [0.3, 0.4) is 0 Å². The predicted molar refractivity (Wildman–Crippen MR) is 96.1 cm³/mol. The summed E-state index contributed by atoms with van der Waals surface area (Å²) in [6.07, 6.45) is -2.96. The minimum Gasteiger partial charge on any atom is -0.494 e. The summed E-state index contributed by atoms with van der Waals surface area (Å²) in [4.78, 5) is 8.35. The van der Waals surface area contributed by atoms with Crippen molar-refractivity contribution >= 4 is 11.0 Å². The van der Waals surface area contributed by atoms with Gasteiger partial charge in [0.25, 0.3) is 0 Å². The Labute approximate surface area is 159 Å². The van der Waals surface area contributed by atoms with Crippen LogP contribution in [0.4, 0.5) is 4.39 Å². The normalized spacial score (nSPS) is 25.9. The molecule has 3 heterocycles. The Kier molecular flexibility index (Phi) is 4.76. The second-order valence-electron chi connectivity index (χ2n) is 6.73. The van der Waals surface area contributed by atoms with E-state index in [1.165, 1.54) is 25.6 Å². The molecule has 2 aromatic heterocycles. The molecule has 1 aliphatic rings. The van der Waals surface area contributed by atoms with Crippen molar-refractivity contribution in [2.45, 2.75) is 37.6 Å². The van der Waals surface area contributed by atoms with Crippen molar-refractivity contribution in [3.63, 3.8) is 0 Å². The number of nitrogens with zero attached hydrogens (tertiary/aromatic N) is 3. The monoisotopic (exact) mass is 389 g/mol. The number of ether oxygens (including phenoxy) is 2. The standard InChI is InChI=1S/C19H20FN3O5/c1-9-11-5-6-23(18(11)22-8-21-9)19-16(26)15(25)17(28-19)14(24)10-3-4-12(20)13(7-10)27-2/h3-8,14-17,19,24-26H,1-2H3. The number of fused-ring (bicyclic) bond motifs is 1. The van der Waals surface area contributed by atoms with Gasteiger partial charge in [-0.05, 0) is 30.7 Å². The number of benzene rings is 1. The van der Waals surface area contributed by atoms with Crippen molar-refractivity contribution in [2.75, 3.05) is 7.11 Å². The van der Waals surface area contributed by atoms with Crippen molar-refractivity contribution in [1.29, 1.82) is 0 Å². The first-order chi connectivity index (χ1) is 13.4. The van der Waals surface area contributed by atoms with Crippen LogP contribution in [-0.4, -0.2) is 55.3 Å². The minimum atomic E-state index is -1.36. The quantitative estimate of drug-likeness (QED) is 0.616. The van der Waals surface area contributed by atoms with Crippen molar-refractivity contribution in [3.05, 3.63) is 53.9 Å². The van der Waals surface area contributed by atoms with E-state index >= 15 is 0 Å². The summed E-state index contributed by atoms with van der Waals surface area (Å²) < 4.78 is 26.0. The van der Waals surface area contributed by atoms with E-state index in [9.17, 15) is 19.7 Å². The maximum absolute atomic E-state index is 13.6. The molecule has 0 bridgehead atoms. The molecule has 1 aliphatic heterocycles. The first-order valence-electron chi connectivity index (χ1n) is 8.73. The van der Waals surface area contributed by atoms with Gasteiger partial charge in [0.2, 0.25) is 0 Å². The Morgan fingerprint density at radius 3 is 2.75 bits per heavy atom. The molecule has 148 valence electrons. The maximum Gasteiger partial charge on any atom is 0.165 e. The average Bonchev–Trinajstić information content (AvgIpc) is 3.24. The smallest absolute Gasteiger partial charge is 0.165 e. The summed E-state index contributed by atoms with van der Waals surface area (Å²) in [6.45, 7) is 1.84. The van der Waals surface area contributed by atoms with Crippen LogP contribution in [0.25, 0.3) is 11.0 Å². The van der Waals surface area contributed by atoms with Crippen LogP contribution >= 0.6 is 0 Å². The van der Waals surface area contributed by atoms with Crippen molar-refractivity contribution in [2.24, 2.45) is 0 Å². The van der Waals surface area contributed by atoms with Crippen LogP contribution < -0.4 is 4.74 Å². The first kappa shape index (κ1) is 18.8. The molecule has 28 heavy (non-hydrogen) atoms. The van der Waals surface area contributed by atoms with Crippen LogP contribution in [0, 0.1) is 12.7 Å². The van der Waals surface area contributed by atoms with E-state index in [2.05, 4.69) is 9.97 Å². The van der Waals surface area contributed by atoms with Gasteiger partial charge in [-0.2, -0.15) is 0 Å².